The van der Waals surface area contributed by atoms with Crippen molar-refractivity contribution in [1.29, 1.82) is 0 Å². The molecule has 0 amide bonds. The third-order valence-corrected chi connectivity index (χ3v) is 4.54. The number of nitrogens with two attached hydrogens (primary N) is 1. The normalized spacial score (nSPS) is 19.2. The Balaban J connectivity index is 1.99. The molecule has 1 saturated carbocycles. The first-order valence-corrected chi connectivity index (χ1v) is 8.25. The largest absolute Gasteiger partial charge is 0.497 e. The predicted octanol–water partition coefficient (Wildman–Crippen LogP) is 4.07. The van der Waals surface area contributed by atoms with E-state index in [1.807, 2.05) is 12.1 Å². The summed E-state index contributed by atoms with van der Waals surface area (Å²) in [4.78, 5) is 0. The van der Waals surface area contributed by atoms with Crippen molar-refractivity contribution < 1.29 is 9.47 Å². The van der Waals surface area contributed by atoms with Gasteiger partial charge in [-0.15, -0.1) is 0 Å². The van der Waals surface area contributed by atoms with Crippen LogP contribution in [0.25, 0.3) is 0 Å². The molecule has 2 atom stereocenters. The molecule has 0 saturated heterocycles. The van der Waals surface area contributed by atoms with Gasteiger partial charge in [-0.05, 0) is 42.9 Å². The number of methoxy groups -OCH3 is 1. The van der Waals surface area contributed by atoms with E-state index in [0.717, 1.165) is 24.3 Å². The average Bonchev–Trinajstić information content (AvgIpc) is 2.56. The summed E-state index contributed by atoms with van der Waals surface area (Å²) in [6.07, 6.45) is 7.59. The Morgan fingerprint density at radius 2 is 1.81 bits per heavy atom. The number of benzene rings is 1. The summed E-state index contributed by atoms with van der Waals surface area (Å²) in [5.41, 5.74) is 7.43. The molecule has 2 rings (SSSR count). The quantitative estimate of drug-likeness (QED) is 0.823. The van der Waals surface area contributed by atoms with Crippen molar-refractivity contribution in [3.8, 4) is 5.75 Å². The zero-order valence-corrected chi connectivity index (χ0v) is 13.4. The highest BCUT2D eigenvalue weighted by atomic mass is 16.5. The Morgan fingerprint density at radius 1 is 1.14 bits per heavy atom. The summed E-state index contributed by atoms with van der Waals surface area (Å²) in [5.74, 6) is 1.58. The fourth-order valence-electron chi connectivity index (χ4n) is 3.07. The Bertz CT molecular complexity index is 398. The molecule has 1 aromatic carbocycles. The first-order valence-electron chi connectivity index (χ1n) is 8.25. The van der Waals surface area contributed by atoms with Gasteiger partial charge in [-0.2, -0.15) is 0 Å². The van der Waals surface area contributed by atoms with Crippen LogP contribution in [0.2, 0.25) is 0 Å². The molecule has 21 heavy (non-hydrogen) atoms. The van der Waals surface area contributed by atoms with E-state index in [2.05, 4.69) is 19.1 Å². The van der Waals surface area contributed by atoms with Crippen molar-refractivity contribution in [3.63, 3.8) is 0 Å². The lowest BCUT2D eigenvalue weighted by Gasteiger charge is -2.28. The fourth-order valence-corrected chi connectivity index (χ4v) is 3.07. The van der Waals surface area contributed by atoms with Gasteiger partial charge in [0.1, 0.15) is 5.75 Å². The van der Waals surface area contributed by atoms with E-state index in [4.69, 9.17) is 15.2 Å². The zero-order valence-electron chi connectivity index (χ0n) is 13.4. The summed E-state index contributed by atoms with van der Waals surface area (Å²) in [7, 11) is 1.68. The summed E-state index contributed by atoms with van der Waals surface area (Å²) < 4.78 is 11.4. The molecular formula is C18H29NO2. The minimum absolute atomic E-state index is 0.0113. The molecule has 1 aliphatic carbocycles. The molecule has 0 bridgehead atoms. The molecule has 1 fully saturated rings. The highest BCUT2D eigenvalue weighted by Crippen LogP contribution is 2.29. The van der Waals surface area contributed by atoms with Gasteiger partial charge in [0.2, 0.25) is 0 Å². The molecule has 0 heterocycles. The third kappa shape index (κ3) is 4.72. The number of rotatable bonds is 7. The van der Waals surface area contributed by atoms with Gasteiger partial charge in [0.25, 0.3) is 0 Å². The molecule has 0 spiro atoms. The molecule has 3 heteroatoms. The molecule has 3 nitrogen and oxygen atoms in total. The topological polar surface area (TPSA) is 44.5 Å². The van der Waals surface area contributed by atoms with Gasteiger partial charge in [0, 0.05) is 6.04 Å². The van der Waals surface area contributed by atoms with E-state index in [1.165, 1.54) is 32.1 Å². The van der Waals surface area contributed by atoms with Crippen LogP contribution >= 0.6 is 0 Å². The summed E-state index contributed by atoms with van der Waals surface area (Å²) >= 11 is 0. The van der Waals surface area contributed by atoms with Gasteiger partial charge < -0.3 is 15.2 Å². The van der Waals surface area contributed by atoms with Crippen molar-refractivity contribution in [1.82, 2.24) is 0 Å². The van der Waals surface area contributed by atoms with E-state index >= 15 is 0 Å². The summed E-state index contributed by atoms with van der Waals surface area (Å²) in [5, 5.41) is 0. The SMILES string of the molecule is CCC(N)C(OCC1CCCCC1)c1ccc(OC)cc1. The van der Waals surface area contributed by atoms with Crippen molar-refractivity contribution in [2.24, 2.45) is 11.7 Å². The third-order valence-electron chi connectivity index (χ3n) is 4.54. The lowest BCUT2D eigenvalue weighted by Crippen LogP contribution is -2.31. The van der Waals surface area contributed by atoms with E-state index < -0.39 is 0 Å². The molecule has 2 unspecified atom stereocenters. The zero-order chi connectivity index (χ0) is 15.1. The van der Waals surface area contributed by atoms with E-state index in [0.29, 0.717) is 5.92 Å². The van der Waals surface area contributed by atoms with Gasteiger partial charge >= 0.3 is 0 Å². The molecular weight excluding hydrogens is 262 g/mol. The number of hydrogen-bond donors (Lipinski definition) is 1. The lowest BCUT2D eigenvalue weighted by molar-refractivity contribution is 0.00438. The van der Waals surface area contributed by atoms with Crippen LogP contribution in [0.15, 0.2) is 24.3 Å². The second-order valence-electron chi connectivity index (χ2n) is 6.10. The van der Waals surface area contributed by atoms with Gasteiger partial charge in [-0.25, -0.2) is 0 Å². The maximum absolute atomic E-state index is 6.28. The highest BCUT2D eigenvalue weighted by Gasteiger charge is 2.22. The lowest BCUT2D eigenvalue weighted by atomic mass is 9.90. The van der Waals surface area contributed by atoms with Crippen molar-refractivity contribution >= 4 is 0 Å². The van der Waals surface area contributed by atoms with Crippen LogP contribution in [0.3, 0.4) is 0 Å². The molecule has 0 radical (unpaired) electrons. The standard InChI is InChI=1S/C18H29NO2/c1-3-17(19)18(15-9-11-16(20-2)12-10-15)21-13-14-7-5-4-6-8-14/h9-12,14,17-18H,3-8,13,19H2,1-2H3. The van der Waals surface area contributed by atoms with Crippen LogP contribution < -0.4 is 10.5 Å². The predicted molar refractivity (Wildman–Crippen MR) is 86.5 cm³/mol. The maximum Gasteiger partial charge on any atom is 0.118 e. The molecule has 2 N–H and O–H groups in total. The molecule has 0 aliphatic heterocycles. The maximum atomic E-state index is 6.28. The van der Waals surface area contributed by atoms with Crippen LogP contribution in [0.1, 0.15) is 57.1 Å². The first-order chi connectivity index (χ1) is 10.2. The number of ether oxygens (including phenoxy) is 2. The Morgan fingerprint density at radius 3 is 2.38 bits per heavy atom. The minimum atomic E-state index is -0.0113. The van der Waals surface area contributed by atoms with Crippen LogP contribution in [0.5, 0.6) is 5.75 Å². The van der Waals surface area contributed by atoms with Crippen LogP contribution in [0.4, 0.5) is 0 Å². The van der Waals surface area contributed by atoms with Crippen molar-refractivity contribution in [3.05, 3.63) is 29.8 Å². The van der Waals surface area contributed by atoms with Gasteiger partial charge in [-0.3, -0.25) is 0 Å². The van der Waals surface area contributed by atoms with E-state index in [1.54, 1.807) is 7.11 Å². The second-order valence-corrected chi connectivity index (χ2v) is 6.10. The highest BCUT2D eigenvalue weighted by molar-refractivity contribution is 5.29. The second kappa shape index (κ2) is 8.40. The van der Waals surface area contributed by atoms with Crippen LogP contribution in [-0.4, -0.2) is 19.8 Å². The van der Waals surface area contributed by atoms with Gasteiger partial charge in [0.15, 0.2) is 0 Å². The molecule has 1 aliphatic rings. The fraction of sp³-hybridized carbons (Fsp3) is 0.667. The summed E-state index contributed by atoms with van der Waals surface area (Å²) in [6.45, 7) is 2.95. The van der Waals surface area contributed by atoms with Crippen LogP contribution in [-0.2, 0) is 4.74 Å². The molecule has 1 aromatic rings. The Labute approximate surface area is 128 Å². The Kier molecular flexibility index (Phi) is 6.52. The van der Waals surface area contributed by atoms with Crippen LogP contribution in [0, 0.1) is 5.92 Å². The molecule has 118 valence electrons. The number of hydrogen-bond acceptors (Lipinski definition) is 3. The van der Waals surface area contributed by atoms with Crippen molar-refractivity contribution in [2.45, 2.75) is 57.6 Å². The van der Waals surface area contributed by atoms with E-state index in [9.17, 15) is 0 Å². The van der Waals surface area contributed by atoms with Crippen molar-refractivity contribution in [2.75, 3.05) is 13.7 Å². The van der Waals surface area contributed by atoms with E-state index in [-0.39, 0.29) is 12.1 Å². The monoisotopic (exact) mass is 291 g/mol. The minimum Gasteiger partial charge on any atom is -0.497 e. The van der Waals surface area contributed by atoms with Gasteiger partial charge in [0.05, 0.1) is 19.8 Å². The van der Waals surface area contributed by atoms with Gasteiger partial charge in [-0.1, -0.05) is 38.3 Å². The first kappa shape index (κ1) is 16.3. The molecule has 0 aromatic heterocycles. The average molecular weight is 291 g/mol. The summed E-state index contributed by atoms with van der Waals surface area (Å²) in [6, 6.07) is 8.14. The Hall–Kier alpha value is -1.06. The smallest absolute Gasteiger partial charge is 0.118 e.